The molecule has 166 valence electrons. The molecule has 4 aromatic rings. The number of hydrogen-bond donors (Lipinski definition) is 2. The smallest absolute Gasteiger partial charge is 0.175 e. The molecule has 0 bridgehead atoms. The van der Waals surface area contributed by atoms with Crippen molar-refractivity contribution in [1.29, 1.82) is 0 Å². The molecule has 0 atom stereocenters. The van der Waals surface area contributed by atoms with Crippen LogP contribution in [0.1, 0.15) is 27.8 Å². The zero-order valence-corrected chi connectivity index (χ0v) is 20.2. The molecule has 0 saturated carbocycles. The first-order valence-corrected chi connectivity index (χ1v) is 11.3. The highest BCUT2D eigenvalue weighted by Crippen LogP contribution is 2.28. The summed E-state index contributed by atoms with van der Waals surface area (Å²) in [5, 5.41) is 9.42. The number of benzene rings is 4. The van der Waals surface area contributed by atoms with Gasteiger partial charge in [-0.1, -0.05) is 66.7 Å². The Bertz CT molecular complexity index is 1330. The first-order chi connectivity index (χ1) is 15.9. The highest BCUT2D eigenvalue weighted by Gasteiger charge is 2.08. The lowest BCUT2D eigenvalue weighted by molar-refractivity contribution is 0.417. The van der Waals surface area contributed by atoms with E-state index in [1.165, 1.54) is 22.3 Å². The van der Waals surface area contributed by atoms with Crippen LogP contribution in [0.25, 0.3) is 22.9 Å². The minimum atomic E-state index is 0.510. The molecule has 4 rings (SSSR count). The van der Waals surface area contributed by atoms with Crippen LogP contribution in [0.5, 0.6) is 5.75 Å². The predicted octanol–water partition coefficient (Wildman–Crippen LogP) is 7.75. The van der Waals surface area contributed by atoms with Crippen LogP contribution in [0.3, 0.4) is 0 Å². The Morgan fingerprint density at radius 3 is 2.18 bits per heavy atom. The summed E-state index contributed by atoms with van der Waals surface area (Å²) in [6.45, 7) is 6.46. The average Bonchev–Trinajstić information content (AvgIpc) is 2.81. The molecule has 0 amide bonds. The number of ether oxygens (including phenoxy) is 1. The van der Waals surface area contributed by atoms with E-state index in [2.05, 4.69) is 73.9 Å². The zero-order valence-electron chi connectivity index (χ0n) is 19.4. The fourth-order valence-corrected chi connectivity index (χ4v) is 4.12. The third kappa shape index (κ3) is 5.24. The summed E-state index contributed by atoms with van der Waals surface area (Å²) in [4.78, 5) is 0. The molecule has 0 spiro atoms. The summed E-state index contributed by atoms with van der Waals surface area (Å²) < 4.78 is 5.56. The molecule has 2 N–H and O–H groups in total. The molecule has 0 aliphatic rings. The van der Waals surface area contributed by atoms with Crippen LogP contribution in [0.15, 0.2) is 72.8 Å². The Morgan fingerprint density at radius 1 is 0.758 bits per heavy atom. The molecule has 0 fully saturated rings. The number of thiocarbonyl (C=S) groups is 1. The van der Waals surface area contributed by atoms with E-state index in [-0.39, 0.29) is 0 Å². The van der Waals surface area contributed by atoms with E-state index in [9.17, 15) is 0 Å². The van der Waals surface area contributed by atoms with Crippen molar-refractivity contribution in [2.24, 2.45) is 0 Å². The van der Waals surface area contributed by atoms with E-state index in [0.717, 1.165) is 33.5 Å². The Hall–Kier alpha value is -3.63. The van der Waals surface area contributed by atoms with Crippen molar-refractivity contribution in [3.63, 3.8) is 0 Å². The fourth-order valence-electron chi connectivity index (χ4n) is 3.90. The van der Waals surface area contributed by atoms with E-state index in [1.807, 2.05) is 42.5 Å². The van der Waals surface area contributed by atoms with E-state index in [0.29, 0.717) is 5.11 Å². The van der Waals surface area contributed by atoms with Crippen LogP contribution in [-0.2, 0) is 0 Å². The molecule has 0 saturated heterocycles. The van der Waals surface area contributed by atoms with Crippen LogP contribution in [0.4, 0.5) is 11.4 Å². The summed E-state index contributed by atoms with van der Waals surface area (Å²) in [6, 6.07) is 24.8. The predicted molar refractivity (Wildman–Crippen MR) is 146 cm³/mol. The maximum absolute atomic E-state index is 5.62. The molecule has 0 radical (unpaired) electrons. The van der Waals surface area contributed by atoms with Crippen molar-refractivity contribution >= 4 is 51.6 Å². The van der Waals surface area contributed by atoms with Crippen LogP contribution >= 0.6 is 12.2 Å². The van der Waals surface area contributed by atoms with Crippen molar-refractivity contribution in [2.45, 2.75) is 20.8 Å². The van der Waals surface area contributed by atoms with Gasteiger partial charge in [0.15, 0.2) is 5.11 Å². The maximum Gasteiger partial charge on any atom is 0.175 e. The molecular weight excluding hydrogens is 424 g/mol. The quantitative estimate of drug-likeness (QED) is 0.239. The minimum Gasteiger partial charge on any atom is -0.495 e. The third-order valence-electron chi connectivity index (χ3n) is 5.93. The Balaban J connectivity index is 1.55. The zero-order chi connectivity index (χ0) is 23.4. The van der Waals surface area contributed by atoms with Crippen molar-refractivity contribution < 1.29 is 4.74 Å². The second kappa shape index (κ2) is 9.88. The standard InChI is InChI=1S/C29H28N2OS/c1-19-16-23(17-20(2)21(19)3)13-12-22-14-15-28(32-4)27(18-22)31-29(33)30-26-11-7-9-24-8-5-6-10-25(24)26/h5-18H,1-4H3,(H2,30,31,33). The molecule has 0 unspecified atom stereocenters. The SMILES string of the molecule is COc1ccc(C=Cc2cc(C)c(C)c(C)c2)cc1NC(=S)Nc1cccc2ccccc12. The Kier molecular flexibility index (Phi) is 6.76. The molecule has 3 nitrogen and oxygen atoms in total. The number of rotatable bonds is 5. The van der Waals surface area contributed by atoms with Crippen molar-refractivity contribution in [3.05, 3.63) is 101 Å². The number of methoxy groups -OCH3 is 1. The van der Waals surface area contributed by atoms with Crippen LogP contribution in [0, 0.1) is 20.8 Å². The summed E-state index contributed by atoms with van der Waals surface area (Å²) in [7, 11) is 1.66. The van der Waals surface area contributed by atoms with Gasteiger partial charge in [-0.25, -0.2) is 0 Å². The van der Waals surface area contributed by atoms with Gasteiger partial charge in [0, 0.05) is 11.1 Å². The molecule has 4 heteroatoms. The first kappa shape index (κ1) is 22.6. The van der Waals surface area contributed by atoms with Gasteiger partial charge in [-0.15, -0.1) is 0 Å². The number of fused-ring (bicyclic) bond motifs is 1. The Morgan fingerprint density at radius 2 is 1.42 bits per heavy atom. The normalized spacial score (nSPS) is 11.0. The summed E-state index contributed by atoms with van der Waals surface area (Å²) >= 11 is 5.62. The third-order valence-corrected chi connectivity index (χ3v) is 6.13. The van der Waals surface area contributed by atoms with Gasteiger partial charge in [0.25, 0.3) is 0 Å². The summed E-state index contributed by atoms with van der Waals surface area (Å²) in [5.41, 5.74) is 7.97. The van der Waals surface area contributed by atoms with E-state index in [1.54, 1.807) is 7.11 Å². The van der Waals surface area contributed by atoms with E-state index >= 15 is 0 Å². The highest BCUT2D eigenvalue weighted by molar-refractivity contribution is 7.80. The first-order valence-electron chi connectivity index (χ1n) is 10.9. The maximum atomic E-state index is 5.62. The molecular formula is C29H28N2OS. The van der Waals surface area contributed by atoms with E-state index in [4.69, 9.17) is 17.0 Å². The monoisotopic (exact) mass is 452 g/mol. The van der Waals surface area contributed by atoms with E-state index < -0.39 is 0 Å². The van der Waals surface area contributed by atoms with Crippen molar-refractivity contribution in [1.82, 2.24) is 0 Å². The second-order valence-corrected chi connectivity index (χ2v) is 8.59. The number of hydrogen-bond acceptors (Lipinski definition) is 2. The second-order valence-electron chi connectivity index (χ2n) is 8.18. The van der Waals surface area contributed by atoms with Gasteiger partial charge in [0.05, 0.1) is 12.8 Å². The molecule has 0 aliphatic carbocycles. The van der Waals surface area contributed by atoms with Crippen LogP contribution < -0.4 is 15.4 Å². The lowest BCUT2D eigenvalue weighted by Crippen LogP contribution is -2.19. The van der Waals surface area contributed by atoms with Crippen LogP contribution in [0.2, 0.25) is 0 Å². The lowest BCUT2D eigenvalue weighted by Gasteiger charge is -2.15. The topological polar surface area (TPSA) is 33.3 Å². The minimum absolute atomic E-state index is 0.510. The van der Waals surface area contributed by atoms with Crippen LogP contribution in [-0.4, -0.2) is 12.2 Å². The van der Waals surface area contributed by atoms with Gasteiger partial charge in [0.2, 0.25) is 0 Å². The summed E-state index contributed by atoms with van der Waals surface area (Å²) in [6.07, 6.45) is 4.24. The van der Waals surface area contributed by atoms with Crippen molar-refractivity contribution in [2.75, 3.05) is 17.7 Å². The molecule has 33 heavy (non-hydrogen) atoms. The van der Waals surface area contributed by atoms with Gasteiger partial charge >= 0.3 is 0 Å². The van der Waals surface area contributed by atoms with Gasteiger partial charge < -0.3 is 15.4 Å². The largest absolute Gasteiger partial charge is 0.495 e. The number of nitrogens with one attached hydrogen (secondary N) is 2. The molecule has 0 aliphatic heterocycles. The molecule has 0 heterocycles. The highest BCUT2D eigenvalue weighted by atomic mass is 32.1. The van der Waals surface area contributed by atoms with Crippen molar-refractivity contribution in [3.8, 4) is 5.75 Å². The number of anilines is 2. The average molecular weight is 453 g/mol. The fraction of sp³-hybridized carbons (Fsp3) is 0.138. The van der Waals surface area contributed by atoms with Gasteiger partial charge in [-0.3, -0.25) is 0 Å². The Labute approximate surface area is 201 Å². The number of aryl methyl sites for hydroxylation is 2. The molecule has 4 aromatic carbocycles. The van der Waals surface area contributed by atoms with Gasteiger partial charge in [-0.2, -0.15) is 0 Å². The molecule has 0 aromatic heterocycles. The lowest BCUT2D eigenvalue weighted by atomic mass is 10.00. The van der Waals surface area contributed by atoms with Gasteiger partial charge in [-0.05, 0) is 84.4 Å². The van der Waals surface area contributed by atoms with Gasteiger partial charge in [0.1, 0.15) is 5.75 Å². The summed E-state index contributed by atoms with van der Waals surface area (Å²) in [5.74, 6) is 0.733.